The molecule has 0 aliphatic carbocycles. The highest BCUT2D eigenvalue weighted by Crippen LogP contribution is 2.28. The molecule has 29 heavy (non-hydrogen) atoms. The van der Waals surface area contributed by atoms with Crippen LogP contribution in [0.15, 0.2) is 24.4 Å². The molecule has 1 aromatic carbocycles. The van der Waals surface area contributed by atoms with E-state index in [-0.39, 0.29) is 5.54 Å². The molecule has 0 spiro atoms. The maximum atomic E-state index is 6.25. The van der Waals surface area contributed by atoms with Crippen LogP contribution in [0.1, 0.15) is 65.4 Å². The van der Waals surface area contributed by atoms with Crippen LogP contribution in [0.5, 0.6) is 0 Å². The predicted molar refractivity (Wildman–Crippen MR) is 124 cm³/mol. The van der Waals surface area contributed by atoms with Crippen LogP contribution in [0.25, 0.3) is 21.8 Å². The van der Waals surface area contributed by atoms with Gasteiger partial charge in [0.25, 0.3) is 0 Å². The van der Waals surface area contributed by atoms with Gasteiger partial charge in [-0.05, 0) is 71.7 Å². The van der Waals surface area contributed by atoms with Crippen LogP contribution in [-0.2, 0) is 13.0 Å². The number of aromatic nitrogens is 3. The molecule has 2 heterocycles. The van der Waals surface area contributed by atoms with Crippen molar-refractivity contribution in [2.75, 3.05) is 19.3 Å². The fourth-order valence-corrected chi connectivity index (χ4v) is 3.65. The molecule has 158 valence electrons. The molecule has 0 bridgehead atoms. The molecule has 0 saturated heterocycles. The summed E-state index contributed by atoms with van der Waals surface area (Å²) < 4.78 is 2.01. The number of nitrogen functional groups attached to an aromatic ring is 1. The molecule has 3 aromatic rings. The minimum atomic E-state index is 0.249. The second-order valence-corrected chi connectivity index (χ2v) is 9.26. The molecule has 0 aliphatic heterocycles. The number of aryl methyl sites for hydroxylation is 2. The second-order valence-electron chi connectivity index (χ2n) is 9.26. The summed E-state index contributed by atoms with van der Waals surface area (Å²) in [6.07, 6.45) is 9.08. The van der Waals surface area contributed by atoms with Gasteiger partial charge in [0, 0.05) is 23.7 Å². The number of hydrogen-bond acceptors (Lipinski definition) is 4. The zero-order valence-corrected chi connectivity index (χ0v) is 18.8. The van der Waals surface area contributed by atoms with E-state index in [9.17, 15) is 0 Å². The minimum Gasteiger partial charge on any atom is -0.383 e. The summed E-state index contributed by atoms with van der Waals surface area (Å²) in [5.41, 5.74) is 9.76. The van der Waals surface area contributed by atoms with Crippen LogP contribution in [-0.4, -0.2) is 38.8 Å². The highest BCUT2D eigenvalue weighted by molar-refractivity contribution is 6.07. The largest absolute Gasteiger partial charge is 0.383 e. The second kappa shape index (κ2) is 9.12. The number of hydrogen-bond donors (Lipinski definition) is 1. The number of anilines is 1. The molecule has 0 unspecified atom stereocenters. The van der Waals surface area contributed by atoms with Crippen molar-refractivity contribution in [3.63, 3.8) is 0 Å². The Morgan fingerprint density at radius 1 is 1.07 bits per heavy atom. The number of benzene rings is 1. The van der Waals surface area contributed by atoms with Crippen molar-refractivity contribution < 1.29 is 0 Å². The van der Waals surface area contributed by atoms with Gasteiger partial charge in [-0.2, -0.15) is 5.10 Å². The molecule has 2 N–H and O–H groups in total. The molecule has 5 heteroatoms. The van der Waals surface area contributed by atoms with E-state index in [0.29, 0.717) is 5.82 Å². The summed E-state index contributed by atoms with van der Waals surface area (Å²) in [7, 11) is 2.21. The average molecular weight is 396 g/mol. The maximum absolute atomic E-state index is 6.25. The Balaban J connectivity index is 1.66. The van der Waals surface area contributed by atoms with Gasteiger partial charge in [0.1, 0.15) is 11.3 Å². The van der Waals surface area contributed by atoms with Gasteiger partial charge in [-0.3, -0.25) is 4.68 Å². The Kier molecular flexibility index (Phi) is 6.78. The predicted octanol–water partition coefficient (Wildman–Crippen LogP) is 5.41. The molecular formula is C24H37N5. The van der Waals surface area contributed by atoms with Crippen LogP contribution < -0.4 is 5.73 Å². The van der Waals surface area contributed by atoms with Crippen molar-refractivity contribution >= 4 is 27.6 Å². The number of unbranched alkanes of at least 4 members (excludes halogenated alkanes) is 3. The highest BCUT2D eigenvalue weighted by atomic mass is 15.3. The molecule has 0 aliphatic rings. The SMILES string of the molecule is CCCCn1cc2c(N)nc3cc(CCCCCN(C)C(C)(C)C)ccc3c2n1. The third kappa shape index (κ3) is 5.27. The summed E-state index contributed by atoms with van der Waals surface area (Å²) in [5.74, 6) is 0.581. The van der Waals surface area contributed by atoms with Gasteiger partial charge >= 0.3 is 0 Å². The van der Waals surface area contributed by atoms with E-state index < -0.39 is 0 Å². The van der Waals surface area contributed by atoms with Gasteiger partial charge < -0.3 is 10.6 Å². The minimum absolute atomic E-state index is 0.249. The van der Waals surface area contributed by atoms with Gasteiger partial charge in [-0.25, -0.2) is 4.98 Å². The standard InChI is InChI=1S/C24H37N5/c1-6-7-15-29-17-20-22(27-29)19-13-12-18(16-21(19)26-23(20)25)11-9-8-10-14-28(5)24(2,3)4/h12-13,16-17H,6-11,14-15H2,1-5H3,(H2,25,26). The maximum Gasteiger partial charge on any atom is 0.135 e. The van der Waals surface area contributed by atoms with Crippen LogP contribution in [0, 0.1) is 0 Å². The van der Waals surface area contributed by atoms with Gasteiger partial charge in [0.05, 0.1) is 10.9 Å². The third-order valence-corrected chi connectivity index (χ3v) is 5.94. The average Bonchev–Trinajstić information content (AvgIpc) is 3.10. The van der Waals surface area contributed by atoms with E-state index in [2.05, 4.69) is 62.8 Å². The molecule has 0 radical (unpaired) electrons. The topological polar surface area (TPSA) is 60.0 Å². The van der Waals surface area contributed by atoms with E-state index in [4.69, 9.17) is 10.8 Å². The molecule has 0 fully saturated rings. The van der Waals surface area contributed by atoms with Crippen molar-refractivity contribution in [1.82, 2.24) is 19.7 Å². The third-order valence-electron chi connectivity index (χ3n) is 5.94. The first kappa shape index (κ1) is 21.6. The van der Waals surface area contributed by atoms with Gasteiger partial charge in [0.15, 0.2) is 0 Å². The first-order valence-electron chi connectivity index (χ1n) is 11.1. The summed E-state index contributed by atoms with van der Waals surface area (Å²) in [6.45, 7) is 11.1. The number of nitrogens with zero attached hydrogens (tertiary/aromatic N) is 4. The van der Waals surface area contributed by atoms with E-state index in [1.807, 2.05) is 10.9 Å². The summed E-state index contributed by atoms with van der Waals surface area (Å²) in [5, 5.41) is 6.84. The van der Waals surface area contributed by atoms with Crippen molar-refractivity contribution in [3.8, 4) is 0 Å². The number of nitrogens with two attached hydrogens (primary N) is 1. The summed E-state index contributed by atoms with van der Waals surface area (Å²) in [4.78, 5) is 7.10. The lowest BCUT2D eigenvalue weighted by Crippen LogP contribution is -2.38. The Bertz CT molecular complexity index is 951. The van der Waals surface area contributed by atoms with E-state index in [1.165, 1.54) is 24.8 Å². The quantitative estimate of drug-likeness (QED) is 0.492. The Hall–Kier alpha value is -2.14. The Labute approximate surface area is 175 Å². The van der Waals surface area contributed by atoms with Gasteiger partial charge in [-0.1, -0.05) is 31.9 Å². The monoisotopic (exact) mass is 395 g/mol. The fourth-order valence-electron chi connectivity index (χ4n) is 3.65. The first-order chi connectivity index (χ1) is 13.8. The summed E-state index contributed by atoms with van der Waals surface area (Å²) >= 11 is 0. The van der Waals surface area contributed by atoms with Crippen molar-refractivity contribution in [2.24, 2.45) is 0 Å². The van der Waals surface area contributed by atoms with Crippen molar-refractivity contribution in [2.45, 2.75) is 78.3 Å². The Morgan fingerprint density at radius 3 is 2.59 bits per heavy atom. The Morgan fingerprint density at radius 2 is 1.86 bits per heavy atom. The van der Waals surface area contributed by atoms with Gasteiger partial charge in [-0.15, -0.1) is 0 Å². The van der Waals surface area contributed by atoms with Crippen LogP contribution >= 0.6 is 0 Å². The van der Waals surface area contributed by atoms with E-state index in [0.717, 1.165) is 54.2 Å². The molecule has 0 saturated carbocycles. The lowest BCUT2D eigenvalue weighted by atomic mass is 10.0. The lowest BCUT2D eigenvalue weighted by molar-refractivity contribution is 0.172. The molecule has 2 aromatic heterocycles. The van der Waals surface area contributed by atoms with E-state index >= 15 is 0 Å². The zero-order chi connectivity index (χ0) is 21.0. The summed E-state index contributed by atoms with van der Waals surface area (Å²) in [6, 6.07) is 6.59. The number of rotatable bonds is 9. The van der Waals surface area contributed by atoms with E-state index in [1.54, 1.807) is 0 Å². The smallest absolute Gasteiger partial charge is 0.135 e. The molecular weight excluding hydrogens is 358 g/mol. The number of fused-ring (bicyclic) bond motifs is 3. The van der Waals surface area contributed by atoms with Crippen LogP contribution in [0.3, 0.4) is 0 Å². The molecule has 5 nitrogen and oxygen atoms in total. The van der Waals surface area contributed by atoms with Gasteiger partial charge in [0.2, 0.25) is 0 Å². The molecule has 0 amide bonds. The molecule has 3 rings (SSSR count). The highest BCUT2D eigenvalue weighted by Gasteiger charge is 2.15. The fraction of sp³-hybridized carbons (Fsp3) is 0.583. The lowest BCUT2D eigenvalue weighted by Gasteiger charge is -2.31. The van der Waals surface area contributed by atoms with Crippen LogP contribution in [0.2, 0.25) is 0 Å². The van der Waals surface area contributed by atoms with Crippen molar-refractivity contribution in [1.29, 1.82) is 0 Å². The van der Waals surface area contributed by atoms with Crippen molar-refractivity contribution in [3.05, 3.63) is 30.0 Å². The van der Waals surface area contributed by atoms with Crippen LogP contribution in [0.4, 0.5) is 5.82 Å². The first-order valence-corrected chi connectivity index (χ1v) is 11.1. The molecule has 0 atom stereocenters. The normalized spacial score (nSPS) is 12.5. The number of pyridine rings is 1. The zero-order valence-electron chi connectivity index (χ0n) is 18.8.